The zero-order valence-corrected chi connectivity index (χ0v) is 11.5. The van der Waals surface area contributed by atoms with Crippen LogP contribution in [-0.2, 0) is 14.2 Å². The largest absolute Gasteiger partial charge is 0.376 e. The van der Waals surface area contributed by atoms with Gasteiger partial charge in [-0.25, -0.2) is 0 Å². The fraction of sp³-hybridized carbons (Fsp3) is 1.00. The van der Waals surface area contributed by atoms with Gasteiger partial charge in [0.15, 0.2) is 6.29 Å². The fourth-order valence-electron chi connectivity index (χ4n) is 2.11. The first-order chi connectivity index (χ1) is 8.30. The molecule has 0 aromatic carbocycles. The zero-order chi connectivity index (χ0) is 12.5. The van der Waals surface area contributed by atoms with Crippen LogP contribution in [-0.4, -0.2) is 56.7 Å². The van der Waals surface area contributed by atoms with Crippen LogP contribution in [0.3, 0.4) is 0 Å². The smallest absolute Gasteiger partial charge is 0.158 e. The number of hydrogen-bond acceptors (Lipinski definition) is 4. The van der Waals surface area contributed by atoms with Crippen LogP contribution in [0.2, 0.25) is 0 Å². The van der Waals surface area contributed by atoms with Crippen LogP contribution < -0.4 is 0 Å². The molecule has 0 saturated carbocycles. The molecule has 0 amide bonds. The third-order valence-electron chi connectivity index (χ3n) is 3.06. The molecular weight excluding hydrogens is 218 g/mol. The first-order valence-corrected chi connectivity index (χ1v) is 6.87. The molecule has 0 spiro atoms. The van der Waals surface area contributed by atoms with Crippen molar-refractivity contribution in [3.05, 3.63) is 0 Å². The van der Waals surface area contributed by atoms with Crippen LogP contribution in [0, 0.1) is 0 Å². The number of morpholine rings is 1. The van der Waals surface area contributed by atoms with Gasteiger partial charge < -0.3 is 14.2 Å². The molecule has 1 heterocycles. The Balaban J connectivity index is 2.22. The molecule has 0 aromatic heterocycles. The molecule has 4 heteroatoms. The monoisotopic (exact) mass is 245 g/mol. The van der Waals surface area contributed by atoms with Crippen LogP contribution in [0.1, 0.15) is 33.6 Å². The summed E-state index contributed by atoms with van der Waals surface area (Å²) in [6, 6.07) is 0. The molecular formula is C13H27NO3. The van der Waals surface area contributed by atoms with E-state index in [0.29, 0.717) is 19.3 Å². The molecule has 1 aliphatic heterocycles. The van der Waals surface area contributed by atoms with Gasteiger partial charge in [-0.1, -0.05) is 6.92 Å². The summed E-state index contributed by atoms with van der Waals surface area (Å²) in [5.74, 6) is 0. The third kappa shape index (κ3) is 5.82. The number of nitrogens with zero attached hydrogens (tertiary/aromatic N) is 1. The number of hydrogen-bond donors (Lipinski definition) is 0. The van der Waals surface area contributed by atoms with Crippen molar-refractivity contribution in [2.45, 2.75) is 46.0 Å². The van der Waals surface area contributed by atoms with Crippen molar-refractivity contribution in [3.63, 3.8) is 0 Å². The van der Waals surface area contributed by atoms with Crippen LogP contribution >= 0.6 is 0 Å². The summed E-state index contributed by atoms with van der Waals surface area (Å²) in [6.07, 6.45) is 2.39. The van der Waals surface area contributed by atoms with Gasteiger partial charge in [-0.15, -0.1) is 0 Å². The molecule has 0 N–H and O–H groups in total. The van der Waals surface area contributed by atoms with Gasteiger partial charge in [0.05, 0.1) is 12.7 Å². The summed E-state index contributed by atoms with van der Waals surface area (Å²) in [5.41, 5.74) is 0. The van der Waals surface area contributed by atoms with E-state index in [4.69, 9.17) is 14.2 Å². The van der Waals surface area contributed by atoms with Crippen molar-refractivity contribution < 1.29 is 14.2 Å². The summed E-state index contributed by atoms with van der Waals surface area (Å²) in [4.78, 5) is 2.45. The Labute approximate surface area is 105 Å². The van der Waals surface area contributed by atoms with E-state index in [1.54, 1.807) is 0 Å². The van der Waals surface area contributed by atoms with Gasteiger partial charge in [-0.05, 0) is 20.3 Å². The van der Waals surface area contributed by atoms with E-state index < -0.39 is 0 Å². The molecule has 1 rings (SSSR count). The Morgan fingerprint density at radius 3 is 2.53 bits per heavy atom. The third-order valence-corrected chi connectivity index (χ3v) is 3.06. The van der Waals surface area contributed by atoms with Crippen molar-refractivity contribution in [1.82, 2.24) is 4.90 Å². The first-order valence-electron chi connectivity index (χ1n) is 6.87. The number of ether oxygens (including phenoxy) is 3. The van der Waals surface area contributed by atoms with Gasteiger partial charge in [0.1, 0.15) is 0 Å². The van der Waals surface area contributed by atoms with Crippen LogP contribution in [0.5, 0.6) is 0 Å². The maximum absolute atomic E-state index is 5.65. The van der Waals surface area contributed by atoms with Crippen molar-refractivity contribution in [2.75, 3.05) is 39.5 Å². The highest BCUT2D eigenvalue weighted by atomic mass is 16.7. The maximum atomic E-state index is 5.65. The van der Waals surface area contributed by atoms with E-state index in [9.17, 15) is 0 Å². The summed E-state index contributed by atoms with van der Waals surface area (Å²) in [5, 5.41) is 0. The predicted molar refractivity (Wildman–Crippen MR) is 68.1 cm³/mol. The van der Waals surface area contributed by atoms with Gasteiger partial charge in [-0.3, -0.25) is 4.90 Å². The first kappa shape index (κ1) is 14.9. The molecule has 0 radical (unpaired) electrons. The summed E-state index contributed by atoms with van der Waals surface area (Å²) in [6.45, 7) is 11.6. The molecule has 1 aliphatic rings. The highest BCUT2D eigenvalue weighted by Gasteiger charge is 2.19. The molecule has 1 unspecified atom stereocenters. The predicted octanol–water partition coefficient (Wildman–Crippen LogP) is 1.89. The van der Waals surface area contributed by atoms with E-state index in [2.05, 4.69) is 11.8 Å². The average molecular weight is 245 g/mol. The summed E-state index contributed by atoms with van der Waals surface area (Å²) < 4.78 is 16.7. The molecule has 0 aliphatic carbocycles. The molecule has 4 nitrogen and oxygen atoms in total. The van der Waals surface area contributed by atoms with Crippen molar-refractivity contribution >= 4 is 0 Å². The lowest BCUT2D eigenvalue weighted by molar-refractivity contribution is -0.144. The second-order valence-corrected chi connectivity index (χ2v) is 4.33. The minimum Gasteiger partial charge on any atom is -0.376 e. The molecule has 1 fully saturated rings. The average Bonchev–Trinajstić information content (AvgIpc) is 2.37. The molecule has 102 valence electrons. The van der Waals surface area contributed by atoms with E-state index in [0.717, 1.165) is 39.1 Å². The lowest BCUT2D eigenvalue weighted by atomic mass is 10.2. The minimum atomic E-state index is -0.0482. The van der Waals surface area contributed by atoms with E-state index >= 15 is 0 Å². The topological polar surface area (TPSA) is 30.9 Å². The van der Waals surface area contributed by atoms with Gasteiger partial charge in [0.25, 0.3) is 0 Å². The standard InChI is InChI=1S/C13H27NO3/c1-4-12-11-14(9-10-17-12)8-7-13(15-5-2)16-6-3/h12-13H,4-11H2,1-3H3. The summed E-state index contributed by atoms with van der Waals surface area (Å²) >= 11 is 0. The lowest BCUT2D eigenvalue weighted by Gasteiger charge is -2.33. The molecule has 1 atom stereocenters. The quantitative estimate of drug-likeness (QED) is 0.611. The Bertz CT molecular complexity index is 184. The van der Waals surface area contributed by atoms with Gasteiger partial charge >= 0.3 is 0 Å². The highest BCUT2D eigenvalue weighted by Crippen LogP contribution is 2.10. The van der Waals surface area contributed by atoms with Crippen molar-refractivity contribution in [3.8, 4) is 0 Å². The van der Waals surface area contributed by atoms with Crippen LogP contribution in [0.15, 0.2) is 0 Å². The SMILES string of the molecule is CCOC(CCN1CCOC(CC)C1)OCC. The van der Waals surface area contributed by atoms with Gasteiger partial charge in [0, 0.05) is 39.3 Å². The Kier molecular flexibility index (Phi) is 7.77. The Morgan fingerprint density at radius 1 is 1.24 bits per heavy atom. The minimum absolute atomic E-state index is 0.0482. The van der Waals surface area contributed by atoms with Crippen LogP contribution in [0.4, 0.5) is 0 Å². The fourth-order valence-corrected chi connectivity index (χ4v) is 2.11. The second kappa shape index (κ2) is 8.86. The Morgan fingerprint density at radius 2 is 1.94 bits per heavy atom. The van der Waals surface area contributed by atoms with E-state index in [-0.39, 0.29) is 6.29 Å². The molecule has 17 heavy (non-hydrogen) atoms. The number of rotatable bonds is 8. The van der Waals surface area contributed by atoms with E-state index in [1.807, 2.05) is 13.8 Å². The maximum Gasteiger partial charge on any atom is 0.158 e. The lowest BCUT2D eigenvalue weighted by Crippen LogP contribution is -2.43. The molecule has 0 bridgehead atoms. The van der Waals surface area contributed by atoms with Gasteiger partial charge in [0.2, 0.25) is 0 Å². The highest BCUT2D eigenvalue weighted by molar-refractivity contribution is 4.70. The van der Waals surface area contributed by atoms with E-state index in [1.165, 1.54) is 0 Å². The zero-order valence-electron chi connectivity index (χ0n) is 11.5. The molecule has 0 aromatic rings. The van der Waals surface area contributed by atoms with Crippen LogP contribution in [0.25, 0.3) is 0 Å². The van der Waals surface area contributed by atoms with Gasteiger partial charge in [-0.2, -0.15) is 0 Å². The second-order valence-electron chi connectivity index (χ2n) is 4.33. The summed E-state index contributed by atoms with van der Waals surface area (Å²) in [7, 11) is 0. The Hall–Kier alpha value is -0.160. The normalized spacial score (nSPS) is 22.2. The molecule has 1 saturated heterocycles. The van der Waals surface area contributed by atoms with Crippen molar-refractivity contribution in [1.29, 1.82) is 0 Å². The van der Waals surface area contributed by atoms with Crippen molar-refractivity contribution in [2.24, 2.45) is 0 Å².